The van der Waals surface area contributed by atoms with Crippen LogP contribution in [0, 0.1) is 0 Å². The number of anilines is 1. The maximum absolute atomic E-state index is 13.0. The third-order valence-electron chi connectivity index (χ3n) is 5.10. The summed E-state index contributed by atoms with van der Waals surface area (Å²) in [5.41, 5.74) is 8.42. The van der Waals surface area contributed by atoms with Crippen molar-refractivity contribution in [3.63, 3.8) is 0 Å². The van der Waals surface area contributed by atoms with E-state index in [-0.39, 0.29) is 23.9 Å². The van der Waals surface area contributed by atoms with E-state index in [1.807, 2.05) is 6.07 Å². The van der Waals surface area contributed by atoms with Gasteiger partial charge < -0.3 is 20.9 Å². The minimum absolute atomic E-state index is 0.0289. The molecular weight excluding hydrogens is 360 g/mol. The Balaban J connectivity index is 1.73. The molecule has 9 heteroatoms. The molecule has 1 aliphatic carbocycles. The molecule has 9 nitrogen and oxygen atoms in total. The van der Waals surface area contributed by atoms with E-state index < -0.39 is 0 Å². The highest BCUT2D eigenvalue weighted by Gasteiger charge is 2.25. The Bertz CT molecular complexity index is 1010. The van der Waals surface area contributed by atoms with Crippen molar-refractivity contribution in [1.82, 2.24) is 24.9 Å². The number of nitrogens with two attached hydrogens (primary N) is 1. The molecule has 0 aliphatic heterocycles. The molecule has 1 amide bonds. The zero-order valence-corrected chi connectivity index (χ0v) is 15.5. The molecule has 4 rings (SSSR count). The van der Waals surface area contributed by atoms with Gasteiger partial charge in [-0.05, 0) is 37.8 Å². The Labute approximate surface area is 161 Å². The quantitative estimate of drug-likeness (QED) is 0.622. The van der Waals surface area contributed by atoms with Gasteiger partial charge in [0, 0.05) is 23.9 Å². The van der Waals surface area contributed by atoms with Gasteiger partial charge in [0.15, 0.2) is 5.82 Å². The van der Waals surface area contributed by atoms with Crippen LogP contribution in [-0.2, 0) is 0 Å². The van der Waals surface area contributed by atoms with E-state index in [9.17, 15) is 9.90 Å². The van der Waals surface area contributed by atoms with Gasteiger partial charge in [-0.1, -0.05) is 0 Å². The molecule has 3 aromatic rings. The van der Waals surface area contributed by atoms with Gasteiger partial charge in [-0.3, -0.25) is 4.79 Å². The number of amides is 1. The normalized spacial score (nSPS) is 19.5. The van der Waals surface area contributed by atoms with Gasteiger partial charge in [-0.25, -0.2) is 14.5 Å². The molecule has 1 aliphatic rings. The highest BCUT2D eigenvalue weighted by Crippen LogP contribution is 2.29. The van der Waals surface area contributed by atoms with E-state index in [0.717, 1.165) is 18.4 Å². The number of hydrogen-bond donors (Lipinski definition) is 3. The minimum atomic E-state index is -0.277. The van der Waals surface area contributed by atoms with Gasteiger partial charge in [-0.2, -0.15) is 5.10 Å². The summed E-state index contributed by atoms with van der Waals surface area (Å²) in [5, 5.41) is 17.0. The van der Waals surface area contributed by atoms with Gasteiger partial charge in [0.25, 0.3) is 5.91 Å². The summed E-state index contributed by atoms with van der Waals surface area (Å²) in [4.78, 5) is 21.2. The summed E-state index contributed by atoms with van der Waals surface area (Å²) in [6.45, 7) is 0. The van der Waals surface area contributed by atoms with Crippen LogP contribution in [0.25, 0.3) is 16.8 Å². The molecular formula is C19H22N6O3. The average molecular weight is 382 g/mol. The minimum Gasteiger partial charge on any atom is -0.481 e. The van der Waals surface area contributed by atoms with Crippen molar-refractivity contribution in [3.05, 3.63) is 36.3 Å². The molecule has 0 aromatic carbocycles. The van der Waals surface area contributed by atoms with Crippen LogP contribution in [0.15, 0.2) is 30.7 Å². The van der Waals surface area contributed by atoms with Crippen LogP contribution < -0.4 is 15.8 Å². The summed E-state index contributed by atoms with van der Waals surface area (Å²) in [5.74, 6) is 0.459. The Morgan fingerprint density at radius 2 is 2.07 bits per heavy atom. The molecule has 0 unspecified atom stereocenters. The number of rotatable bonds is 4. The lowest BCUT2D eigenvalue weighted by Crippen LogP contribution is -2.38. The van der Waals surface area contributed by atoms with Crippen LogP contribution in [0.1, 0.15) is 36.0 Å². The second-order valence-electron chi connectivity index (χ2n) is 6.91. The number of hydrogen-bond acceptors (Lipinski definition) is 7. The molecule has 0 saturated heterocycles. The summed E-state index contributed by atoms with van der Waals surface area (Å²) >= 11 is 0. The van der Waals surface area contributed by atoms with E-state index in [0.29, 0.717) is 35.5 Å². The topological polar surface area (TPSA) is 128 Å². The molecule has 0 radical (unpaired) electrons. The number of aliphatic hydroxyl groups is 1. The molecule has 4 N–H and O–H groups in total. The van der Waals surface area contributed by atoms with E-state index in [1.54, 1.807) is 30.0 Å². The maximum atomic E-state index is 13.0. The monoisotopic (exact) mass is 382 g/mol. The first kappa shape index (κ1) is 18.2. The van der Waals surface area contributed by atoms with E-state index in [1.165, 1.54) is 6.33 Å². The Morgan fingerprint density at radius 1 is 1.29 bits per heavy atom. The maximum Gasteiger partial charge on any atom is 0.253 e. The highest BCUT2D eigenvalue weighted by atomic mass is 16.5. The number of nitrogens with one attached hydrogen (secondary N) is 1. The summed E-state index contributed by atoms with van der Waals surface area (Å²) in [7, 11) is 1.54. The lowest BCUT2D eigenvalue weighted by Gasteiger charge is -2.26. The zero-order chi connectivity index (χ0) is 19.7. The Hall–Kier alpha value is -3.20. The number of carbonyl (C=O) groups excluding carboxylic acids is 1. The molecule has 0 atom stereocenters. The number of carbonyl (C=O) groups is 1. The molecule has 28 heavy (non-hydrogen) atoms. The van der Waals surface area contributed by atoms with Crippen molar-refractivity contribution < 1.29 is 14.6 Å². The van der Waals surface area contributed by atoms with Crippen molar-refractivity contribution in [3.8, 4) is 17.1 Å². The van der Waals surface area contributed by atoms with Gasteiger partial charge in [-0.15, -0.1) is 0 Å². The molecule has 3 aromatic heterocycles. The highest BCUT2D eigenvalue weighted by molar-refractivity contribution is 6.05. The van der Waals surface area contributed by atoms with Crippen molar-refractivity contribution in [1.29, 1.82) is 0 Å². The number of nitrogen functional groups attached to an aromatic ring is 1. The van der Waals surface area contributed by atoms with Crippen LogP contribution >= 0.6 is 0 Å². The first-order chi connectivity index (χ1) is 13.6. The number of aliphatic hydroxyl groups excluding tert-OH is 1. The number of nitrogens with zero attached hydrogens (tertiary/aromatic N) is 4. The summed E-state index contributed by atoms with van der Waals surface area (Å²) in [6.07, 6.45) is 5.59. The molecule has 0 bridgehead atoms. The Morgan fingerprint density at radius 3 is 2.82 bits per heavy atom. The summed E-state index contributed by atoms with van der Waals surface area (Å²) in [6, 6.07) is 5.36. The van der Waals surface area contributed by atoms with Gasteiger partial charge in [0.05, 0.1) is 24.5 Å². The number of pyridine rings is 1. The second kappa shape index (κ2) is 7.43. The predicted octanol–water partition coefficient (Wildman–Crippen LogP) is 1.42. The van der Waals surface area contributed by atoms with Crippen LogP contribution in [0.3, 0.4) is 0 Å². The van der Waals surface area contributed by atoms with E-state index in [2.05, 4.69) is 20.4 Å². The molecule has 0 spiro atoms. The van der Waals surface area contributed by atoms with E-state index in [4.69, 9.17) is 10.5 Å². The molecule has 1 saturated carbocycles. The Kier molecular flexibility index (Phi) is 4.82. The van der Waals surface area contributed by atoms with Gasteiger partial charge in [0.1, 0.15) is 11.8 Å². The first-order valence-corrected chi connectivity index (χ1v) is 9.18. The van der Waals surface area contributed by atoms with Crippen LogP contribution in [-0.4, -0.2) is 49.9 Å². The van der Waals surface area contributed by atoms with Crippen molar-refractivity contribution in [2.45, 2.75) is 37.8 Å². The fraction of sp³-hybridized carbons (Fsp3) is 0.368. The first-order valence-electron chi connectivity index (χ1n) is 9.18. The third-order valence-corrected chi connectivity index (χ3v) is 5.10. The standard InChI is InChI=1S/C19H22N6O3/c1-28-16-8-11(6-7-21-16)15-9-14(17-18(20)22-10-23-25(15)17)19(27)24-12-2-4-13(26)5-3-12/h6-10,12-13,26H,2-5H2,1H3,(H,24,27)(H2,20,22,23)/t12-,13-. The van der Waals surface area contributed by atoms with Gasteiger partial charge in [0.2, 0.25) is 5.88 Å². The fourth-order valence-electron chi connectivity index (χ4n) is 3.61. The van der Waals surface area contributed by atoms with E-state index >= 15 is 0 Å². The SMILES string of the molecule is COc1cc(-c2cc(C(=O)N[C@H]3CC[C@H](O)CC3)c3c(N)ncnn23)ccn1. The van der Waals surface area contributed by atoms with Crippen LogP contribution in [0.4, 0.5) is 5.82 Å². The van der Waals surface area contributed by atoms with Crippen molar-refractivity contribution >= 4 is 17.2 Å². The van der Waals surface area contributed by atoms with Crippen LogP contribution in [0.2, 0.25) is 0 Å². The lowest BCUT2D eigenvalue weighted by molar-refractivity contribution is 0.0869. The predicted molar refractivity (Wildman–Crippen MR) is 103 cm³/mol. The molecule has 3 heterocycles. The average Bonchev–Trinajstić information content (AvgIpc) is 3.11. The van der Waals surface area contributed by atoms with Crippen molar-refractivity contribution in [2.75, 3.05) is 12.8 Å². The van der Waals surface area contributed by atoms with Crippen molar-refractivity contribution in [2.24, 2.45) is 0 Å². The fourth-order valence-corrected chi connectivity index (χ4v) is 3.61. The zero-order valence-electron chi connectivity index (χ0n) is 15.5. The largest absolute Gasteiger partial charge is 0.481 e. The number of fused-ring (bicyclic) bond motifs is 1. The number of aromatic nitrogens is 4. The smallest absolute Gasteiger partial charge is 0.253 e. The third kappa shape index (κ3) is 3.36. The summed E-state index contributed by atoms with van der Waals surface area (Å²) < 4.78 is 6.81. The van der Waals surface area contributed by atoms with Gasteiger partial charge >= 0.3 is 0 Å². The molecule has 1 fully saturated rings. The van der Waals surface area contributed by atoms with Crippen LogP contribution in [0.5, 0.6) is 5.88 Å². The lowest BCUT2D eigenvalue weighted by atomic mass is 9.93. The number of methoxy groups -OCH3 is 1. The number of ether oxygens (including phenoxy) is 1. The second-order valence-corrected chi connectivity index (χ2v) is 6.91. The molecule has 146 valence electrons.